The fourth-order valence-corrected chi connectivity index (χ4v) is 2.39. The standard InChI is InChI=1S/C17H34N4O2/c1-8-17(9-2,21-15(22)23-16(4,5)6)11-19-14(18-7)20-13-10-12(13)3/h12-13H,8-11H2,1-7H3,(H,21,22)(H2,18,19,20). The number of carbonyl (C=O) groups excluding carboxylic acids is 1. The van der Waals surface area contributed by atoms with Gasteiger partial charge in [-0.2, -0.15) is 0 Å². The monoisotopic (exact) mass is 326 g/mol. The van der Waals surface area contributed by atoms with Gasteiger partial charge in [0.25, 0.3) is 0 Å². The highest BCUT2D eigenvalue weighted by atomic mass is 16.6. The maximum Gasteiger partial charge on any atom is 0.408 e. The molecule has 6 nitrogen and oxygen atoms in total. The SMILES string of the molecule is CCC(CC)(CNC(=NC)NC1CC1C)NC(=O)OC(C)(C)C. The average molecular weight is 326 g/mol. The van der Waals surface area contributed by atoms with E-state index < -0.39 is 5.60 Å². The minimum atomic E-state index is -0.496. The van der Waals surface area contributed by atoms with Gasteiger partial charge in [0.1, 0.15) is 5.60 Å². The molecule has 0 heterocycles. The first kappa shape index (κ1) is 19.6. The Kier molecular flexibility index (Phi) is 6.71. The molecule has 1 amide bonds. The second-order valence-corrected chi connectivity index (χ2v) is 7.50. The molecule has 134 valence electrons. The zero-order valence-electron chi connectivity index (χ0n) is 15.7. The fraction of sp³-hybridized carbons (Fsp3) is 0.882. The molecule has 1 aliphatic rings. The molecule has 2 atom stereocenters. The molecule has 0 aromatic heterocycles. The Hall–Kier alpha value is -1.46. The highest BCUT2D eigenvalue weighted by Gasteiger charge is 2.34. The van der Waals surface area contributed by atoms with Crippen LogP contribution in [0.3, 0.4) is 0 Å². The van der Waals surface area contributed by atoms with Gasteiger partial charge in [0.2, 0.25) is 0 Å². The molecule has 0 aromatic carbocycles. The summed E-state index contributed by atoms with van der Waals surface area (Å²) in [6.07, 6.45) is 2.43. The van der Waals surface area contributed by atoms with Crippen molar-refractivity contribution >= 4 is 12.1 Å². The largest absolute Gasteiger partial charge is 0.444 e. The van der Waals surface area contributed by atoms with Crippen molar-refractivity contribution in [3.8, 4) is 0 Å². The number of hydrogen-bond donors (Lipinski definition) is 3. The number of guanidine groups is 1. The Morgan fingerprint density at radius 1 is 1.26 bits per heavy atom. The summed E-state index contributed by atoms with van der Waals surface area (Å²) in [7, 11) is 1.77. The van der Waals surface area contributed by atoms with Crippen LogP contribution < -0.4 is 16.0 Å². The van der Waals surface area contributed by atoms with Crippen molar-refractivity contribution < 1.29 is 9.53 Å². The molecule has 6 heteroatoms. The predicted molar refractivity (Wildman–Crippen MR) is 94.7 cm³/mol. The summed E-state index contributed by atoms with van der Waals surface area (Å²) in [4.78, 5) is 16.4. The van der Waals surface area contributed by atoms with Gasteiger partial charge in [-0.25, -0.2) is 4.79 Å². The quantitative estimate of drug-likeness (QED) is 0.518. The molecule has 3 N–H and O–H groups in total. The van der Waals surface area contributed by atoms with E-state index >= 15 is 0 Å². The van der Waals surface area contributed by atoms with Crippen molar-refractivity contribution in [3.63, 3.8) is 0 Å². The van der Waals surface area contributed by atoms with Crippen LogP contribution in [0.1, 0.15) is 60.8 Å². The van der Waals surface area contributed by atoms with Crippen molar-refractivity contribution in [2.75, 3.05) is 13.6 Å². The van der Waals surface area contributed by atoms with Crippen LogP contribution in [-0.2, 0) is 4.74 Å². The van der Waals surface area contributed by atoms with Crippen molar-refractivity contribution in [2.45, 2.75) is 78.0 Å². The molecule has 2 unspecified atom stereocenters. The summed E-state index contributed by atoms with van der Waals surface area (Å²) < 4.78 is 5.39. The van der Waals surface area contributed by atoms with Gasteiger partial charge in [-0.1, -0.05) is 20.8 Å². The normalized spacial score (nSPS) is 21.6. The van der Waals surface area contributed by atoms with Gasteiger partial charge in [-0.15, -0.1) is 0 Å². The van der Waals surface area contributed by atoms with E-state index in [-0.39, 0.29) is 11.6 Å². The van der Waals surface area contributed by atoms with Gasteiger partial charge < -0.3 is 20.7 Å². The second kappa shape index (κ2) is 7.88. The Morgan fingerprint density at radius 3 is 2.22 bits per heavy atom. The third-order valence-corrected chi connectivity index (χ3v) is 4.37. The summed E-state index contributed by atoms with van der Waals surface area (Å²) in [6.45, 7) is 12.6. The third-order valence-electron chi connectivity index (χ3n) is 4.37. The van der Waals surface area contributed by atoms with Gasteiger partial charge in [0.15, 0.2) is 5.96 Å². The van der Waals surface area contributed by atoms with E-state index in [1.165, 1.54) is 6.42 Å². The number of nitrogens with one attached hydrogen (secondary N) is 3. The second-order valence-electron chi connectivity index (χ2n) is 7.50. The van der Waals surface area contributed by atoms with Crippen molar-refractivity contribution in [1.82, 2.24) is 16.0 Å². The molecule has 0 radical (unpaired) electrons. The van der Waals surface area contributed by atoms with Crippen molar-refractivity contribution in [3.05, 3.63) is 0 Å². The van der Waals surface area contributed by atoms with E-state index in [1.807, 2.05) is 20.8 Å². The van der Waals surface area contributed by atoms with Crippen LogP contribution in [0.25, 0.3) is 0 Å². The maximum atomic E-state index is 12.1. The number of amides is 1. The minimum Gasteiger partial charge on any atom is -0.444 e. The number of ether oxygens (including phenoxy) is 1. The molecule has 0 spiro atoms. The molecule has 0 aromatic rings. The number of nitrogens with zero attached hydrogens (tertiary/aromatic N) is 1. The summed E-state index contributed by atoms with van der Waals surface area (Å²) in [6, 6.07) is 0.512. The topological polar surface area (TPSA) is 74.8 Å². The molecule has 1 saturated carbocycles. The van der Waals surface area contributed by atoms with Crippen LogP contribution >= 0.6 is 0 Å². The summed E-state index contributed by atoms with van der Waals surface area (Å²) in [5, 5.41) is 9.78. The molecular weight excluding hydrogens is 292 g/mol. The molecule has 23 heavy (non-hydrogen) atoms. The van der Waals surface area contributed by atoms with Gasteiger partial charge >= 0.3 is 6.09 Å². The molecular formula is C17H34N4O2. The molecule has 0 bridgehead atoms. The number of alkyl carbamates (subject to hydrolysis) is 1. The first-order chi connectivity index (χ1) is 10.6. The van der Waals surface area contributed by atoms with E-state index in [0.717, 1.165) is 18.8 Å². The smallest absolute Gasteiger partial charge is 0.408 e. The molecule has 1 fully saturated rings. The van der Waals surface area contributed by atoms with Crippen molar-refractivity contribution in [1.29, 1.82) is 0 Å². The number of carbonyl (C=O) groups is 1. The van der Waals surface area contributed by atoms with Crippen molar-refractivity contribution in [2.24, 2.45) is 10.9 Å². The van der Waals surface area contributed by atoms with Gasteiger partial charge in [0, 0.05) is 19.6 Å². The van der Waals surface area contributed by atoms with Crippen LogP contribution in [0.5, 0.6) is 0 Å². The minimum absolute atomic E-state index is 0.352. The van der Waals surface area contributed by atoms with E-state index in [1.54, 1.807) is 7.05 Å². The highest BCUT2D eigenvalue weighted by molar-refractivity contribution is 5.80. The maximum absolute atomic E-state index is 12.1. The Balaban J connectivity index is 2.59. The Labute approximate surface area is 140 Å². The average Bonchev–Trinajstić information content (AvgIpc) is 3.15. The van der Waals surface area contributed by atoms with Gasteiger partial charge in [0.05, 0.1) is 5.54 Å². The first-order valence-corrected chi connectivity index (χ1v) is 8.63. The lowest BCUT2D eigenvalue weighted by atomic mass is 9.93. The highest BCUT2D eigenvalue weighted by Crippen LogP contribution is 2.28. The zero-order chi connectivity index (χ0) is 17.7. The van der Waals surface area contributed by atoms with Gasteiger partial charge in [-0.3, -0.25) is 4.99 Å². The van der Waals surface area contributed by atoms with Crippen LogP contribution in [0.2, 0.25) is 0 Å². The molecule has 0 aliphatic heterocycles. The van der Waals surface area contributed by atoms with Gasteiger partial charge in [-0.05, 0) is 46.0 Å². The van der Waals surface area contributed by atoms with E-state index in [0.29, 0.717) is 18.5 Å². The Bertz CT molecular complexity index is 425. The van der Waals surface area contributed by atoms with E-state index in [2.05, 4.69) is 41.7 Å². The van der Waals surface area contributed by atoms with Crippen LogP contribution in [0.4, 0.5) is 4.79 Å². The molecule has 1 rings (SSSR count). The lowest BCUT2D eigenvalue weighted by molar-refractivity contribution is 0.0448. The van der Waals surface area contributed by atoms with Crippen LogP contribution in [0.15, 0.2) is 4.99 Å². The van der Waals surface area contributed by atoms with E-state index in [4.69, 9.17) is 4.74 Å². The predicted octanol–water partition coefficient (Wildman–Crippen LogP) is 2.64. The Morgan fingerprint density at radius 2 is 1.83 bits per heavy atom. The summed E-state index contributed by atoms with van der Waals surface area (Å²) in [5.41, 5.74) is -0.848. The first-order valence-electron chi connectivity index (χ1n) is 8.63. The summed E-state index contributed by atoms with van der Waals surface area (Å²) in [5.74, 6) is 1.49. The van der Waals surface area contributed by atoms with Crippen LogP contribution in [-0.4, -0.2) is 42.8 Å². The third kappa shape index (κ3) is 6.67. The lowest BCUT2D eigenvalue weighted by Gasteiger charge is -2.34. The number of hydrogen-bond acceptors (Lipinski definition) is 3. The van der Waals surface area contributed by atoms with Crippen LogP contribution in [0, 0.1) is 5.92 Å². The summed E-state index contributed by atoms with van der Waals surface area (Å²) >= 11 is 0. The molecule has 0 saturated heterocycles. The fourth-order valence-electron chi connectivity index (χ4n) is 2.39. The number of aliphatic imine (C=N–C) groups is 1. The molecule has 1 aliphatic carbocycles. The van der Waals surface area contributed by atoms with E-state index in [9.17, 15) is 4.79 Å². The zero-order valence-corrected chi connectivity index (χ0v) is 15.7. The number of rotatable bonds is 6. The lowest BCUT2D eigenvalue weighted by Crippen LogP contribution is -2.57.